The first-order valence-electron chi connectivity index (χ1n) is 16.2. The fourth-order valence-electron chi connectivity index (χ4n) is 5.79. The zero-order valence-electron chi connectivity index (χ0n) is 27.4. The summed E-state index contributed by atoms with van der Waals surface area (Å²) in [7, 11) is 2.00. The maximum atomic E-state index is 12.7. The number of carbonyl (C=O) groups is 2. The number of unbranched alkanes of at least 4 members (excludes halogenated alkanes) is 2. The van der Waals surface area contributed by atoms with E-state index in [4.69, 9.17) is 9.47 Å². The standard InChI is InChI=1S/C37H49N3O6/c1-25-33(23-40(4)26(2)35(44)29-12-7-5-8-13-29)45-37(46-36(25)30-19-17-28(24-41)18-20-30)31-14-11-15-32(22-31)39-34(43)16-9-6-10-21-38-27(3)42/h5,7-8,11-15,17-20,22,25-26,33,35-37,41,44H,6,9-10,16,21,23-24H2,1-4H3,(H,38,42)(H,39,43)/t25-,26+,33+,35+,36+,37+/m1/s1. The smallest absolute Gasteiger partial charge is 0.224 e. The van der Waals surface area contributed by atoms with Gasteiger partial charge in [0.05, 0.1) is 24.9 Å². The average Bonchev–Trinajstić information content (AvgIpc) is 3.07. The van der Waals surface area contributed by atoms with E-state index in [1.807, 2.05) is 92.8 Å². The summed E-state index contributed by atoms with van der Waals surface area (Å²) in [4.78, 5) is 25.8. The molecule has 9 nitrogen and oxygen atoms in total. The van der Waals surface area contributed by atoms with Gasteiger partial charge in [-0.05, 0) is 55.6 Å². The number of likely N-dealkylation sites (N-methyl/N-ethyl adjacent to an activating group) is 1. The Hall–Kier alpha value is -3.60. The highest BCUT2D eigenvalue weighted by molar-refractivity contribution is 5.90. The van der Waals surface area contributed by atoms with Gasteiger partial charge in [-0.25, -0.2) is 0 Å². The van der Waals surface area contributed by atoms with Crippen molar-refractivity contribution < 1.29 is 29.3 Å². The second-order valence-electron chi connectivity index (χ2n) is 12.3. The third kappa shape index (κ3) is 9.95. The minimum absolute atomic E-state index is 0.0201. The van der Waals surface area contributed by atoms with Crippen LogP contribution in [0.25, 0.3) is 0 Å². The topological polar surface area (TPSA) is 120 Å². The molecule has 1 fully saturated rings. The molecule has 0 unspecified atom stereocenters. The minimum atomic E-state index is -0.683. The van der Waals surface area contributed by atoms with Gasteiger partial charge >= 0.3 is 0 Å². The zero-order valence-corrected chi connectivity index (χ0v) is 27.4. The van der Waals surface area contributed by atoms with Crippen molar-refractivity contribution in [3.05, 3.63) is 101 Å². The monoisotopic (exact) mass is 631 g/mol. The molecule has 1 aliphatic rings. The molecular formula is C37H49N3O6. The lowest BCUT2D eigenvalue weighted by Gasteiger charge is -2.43. The number of benzene rings is 3. The van der Waals surface area contributed by atoms with E-state index in [9.17, 15) is 19.8 Å². The number of rotatable bonds is 15. The molecule has 0 aromatic heterocycles. The molecule has 9 heteroatoms. The van der Waals surface area contributed by atoms with Gasteiger partial charge in [0, 0.05) is 49.6 Å². The first-order valence-corrected chi connectivity index (χ1v) is 16.2. The highest BCUT2D eigenvalue weighted by Crippen LogP contribution is 2.42. The largest absolute Gasteiger partial charge is 0.392 e. The number of aliphatic hydroxyl groups excluding tert-OH is 2. The van der Waals surface area contributed by atoms with E-state index in [1.54, 1.807) is 0 Å². The van der Waals surface area contributed by atoms with E-state index in [1.165, 1.54) is 6.92 Å². The van der Waals surface area contributed by atoms with Crippen LogP contribution in [0.2, 0.25) is 0 Å². The second-order valence-corrected chi connectivity index (χ2v) is 12.3. The number of anilines is 1. The predicted octanol–water partition coefficient (Wildman–Crippen LogP) is 5.66. The Morgan fingerprint density at radius 1 is 0.935 bits per heavy atom. The van der Waals surface area contributed by atoms with Crippen molar-refractivity contribution in [2.45, 2.75) is 83.7 Å². The van der Waals surface area contributed by atoms with Gasteiger partial charge in [0.2, 0.25) is 11.8 Å². The Labute approximate surface area is 272 Å². The molecule has 2 amide bonds. The van der Waals surface area contributed by atoms with Crippen LogP contribution >= 0.6 is 0 Å². The van der Waals surface area contributed by atoms with E-state index < -0.39 is 12.4 Å². The average molecular weight is 632 g/mol. The van der Waals surface area contributed by atoms with Crippen LogP contribution < -0.4 is 10.6 Å². The third-order valence-corrected chi connectivity index (χ3v) is 8.78. The van der Waals surface area contributed by atoms with Crippen LogP contribution in [0.5, 0.6) is 0 Å². The normalized spacial score (nSPS) is 21.0. The van der Waals surface area contributed by atoms with Crippen LogP contribution in [0, 0.1) is 5.92 Å². The lowest BCUT2D eigenvalue weighted by atomic mass is 9.89. The second kappa shape index (κ2) is 17.4. The van der Waals surface area contributed by atoms with E-state index in [0.717, 1.165) is 41.5 Å². The molecule has 1 heterocycles. The van der Waals surface area contributed by atoms with Gasteiger partial charge in [0.25, 0.3) is 0 Å². The molecule has 0 bridgehead atoms. The SMILES string of the molecule is CC(=O)NCCCCCC(=O)Nc1cccc([C@H]2O[C@@H](CN(C)[C@@H](C)[C@H](O)c3ccccc3)[C@@H](C)[C@@H](c3ccc(CO)cc3)O2)c1. The van der Waals surface area contributed by atoms with Gasteiger partial charge in [-0.3, -0.25) is 14.5 Å². The van der Waals surface area contributed by atoms with E-state index in [2.05, 4.69) is 22.5 Å². The lowest BCUT2D eigenvalue weighted by molar-refractivity contribution is -0.276. The zero-order chi connectivity index (χ0) is 33.1. The maximum Gasteiger partial charge on any atom is 0.224 e. The maximum absolute atomic E-state index is 12.7. The molecule has 6 atom stereocenters. The lowest BCUT2D eigenvalue weighted by Crippen LogP contribution is -2.46. The Bertz CT molecular complexity index is 1390. The van der Waals surface area contributed by atoms with Gasteiger partial charge in [-0.15, -0.1) is 0 Å². The molecule has 1 saturated heterocycles. The van der Waals surface area contributed by atoms with Crippen molar-refractivity contribution in [1.82, 2.24) is 10.2 Å². The van der Waals surface area contributed by atoms with E-state index in [0.29, 0.717) is 25.2 Å². The number of hydrogen-bond donors (Lipinski definition) is 4. The fourth-order valence-corrected chi connectivity index (χ4v) is 5.79. The summed E-state index contributed by atoms with van der Waals surface area (Å²) < 4.78 is 13.3. The predicted molar refractivity (Wildman–Crippen MR) is 179 cm³/mol. The Balaban J connectivity index is 1.47. The molecule has 248 valence electrons. The van der Waals surface area contributed by atoms with Crippen molar-refractivity contribution in [2.75, 3.05) is 25.5 Å². The van der Waals surface area contributed by atoms with Crippen LogP contribution in [-0.4, -0.2) is 59.2 Å². The van der Waals surface area contributed by atoms with Gasteiger partial charge < -0.3 is 30.3 Å². The number of carbonyl (C=O) groups excluding carboxylic acids is 2. The summed E-state index contributed by atoms with van der Waals surface area (Å²) in [5, 5.41) is 26.4. The highest BCUT2D eigenvalue weighted by atomic mass is 16.7. The number of nitrogens with one attached hydrogen (secondary N) is 2. The van der Waals surface area contributed by atoms with Gasteiger partial charge in [-0.1, -0.05) is 80.1 Å². The number of ether oxygens (including phenoxy) is 2. The van der Waals surface area contributed by atoms with Crippen LogP contribution in [-0.2, 0) is 25.7 Å². The first-order chi connectivity index (χ1) is 22.2. The molecule has 0 aliphatic carbocycles. The van der Waals surface area contributed by atoms with Crippen molar-refractivity contribution >= 4 is 17.5 Å². The molecule has 4 N–H and O–H groups in total. The molecule has 46 heavy (non-hydrogen) atoms. The quantitative estimate of drug-likeness (QED) is 0.160. The van der Waals surface area contributed by atoms with E-state index in [-0.39, 0.29) is 42.6 Å². The van der Waals surface area contributed by atoms with Crippen molar-refractivity contribution in [1.29, 1.82) is 0 Å². The molecule has 0 saturated carbocycles. The molecule has 1 aliphatic heterocycles. The summed E-state index contributed by atoms with van der Waals surface area (Å²) in [5.41, 5.74) is 4.15. The molecule has 0 spiro atoms. The number of hydrogen-bond acceptors (Lipinski definition) is 7. The van der Waals surface area contributed by atoms with Crippen LogP contribution in [0.15, 0.2) is 78.9 Å². The highest BCUT2D eigenvalue weighted by Gasteiger charge is 2.39. The Kier molecular flexibility index (Phi) is 13.3. The van der Waals surface area contributed by atoms with Crippen molar-refractivity contribution in [3.8, 4) is 0 Å². The van der Waals surface area contributed by atoms with Crippen LogP contribution in [0.1, 0.15) is 87.2 Å². The fraction of sp³-hybridized carbons (Fsp3) is 0.459. The molecule has 4 rings (SSSR count). The van der Waals surface area contributed by atoms with Crippen LogP contribution in [0.4, 0.5) is 5.69 Å². The van der Waals surface area contributed by atoms with Crippen molar-refractivity contribution in [2.24, 2.45) is 5.92 Å². The number of nitrogens with zero attached hydrogens (tertiary/aromatic N) is 1. The Morgan fingerprint density at radius 2 is 1.67 bits per heavy atom. The molecule has 3 aromatic carbocycles. The van der Waals surface area contributed by atoms with Gasteiger partial charge in [0.1, 0.15) is 0 Å². The van der Waals surface area contributed by atoms with Gasteiger partial charge in [-0.2, -0.15) is 0 Å². The summed E-state index contributed by atoms with van der Waals surface area (Å²) >= 11 is 0. The summed E-state index contributed by atoms with van der Waals surface area (Å²) in [5.74, 6) is -0.130. The third-order valence-electron chi connectivity index (χ3n) is 8.78. The Morgan fingerprint density at radius 3 is 2.37 bits per heavy atom. The summed E-state index contributed by atoms with van der Waals surface area (Å²) in [6.07, 6.45) is 0.970. The van der Waals surface area contributed by atoms with Crippen molar-refractivity contribution in [3.63, 3.8) is 0 Å². The molecular weight excluding hydrogens is 582 g/mol. The van der Waals surface area contributed by atoms with Gasteiger partial charge in [0.15, 0.2) is 6.29 Å². The summed E-state index contributed by atoms with van der Waals surface area (Å²) in [6, 6.07) is 24.9. The molecule has 0 radical (unpaired) electrons. The molecule has 3 aromatic rings. The minimum Gasteiger partial charge on any atom is -0.392 e. The number of aliphatic hydroxyl groups is 2. The number of amides is 2. The first kappa shape index (κ1) is 35.3. The van der Waals surface area contributed by atoms with E-state index >= 15 is 0 Å². The summed E-state index contributed by atoms with van der Waals surface area (Å²) in [6.45, 7) is 6.78. The van der Waals surface area contributed by atoms with Crippen LogP contribution in [0.3, 0.4) is 0 Å².